The van der Waals surface area contributed by atoms with Crippen LogP contribution in [0, 0.1) is 13.8 Å². The Hall–Kier alpha value is -2.09. The van der Waals surface area contributed by atoms with Gasteiger partial charge < -0.3 is 4.74 Å². The van der Waals surface area contributed by atoms with Gasteiger partial charge in [-0.2, -0.15) is 0 Å². The Labute approximate surface area is 119 Å². The highest BCUT2D eigenvalue weighted by atomic mass is 16.5. The molecule has 0 fully saturated rings. The third-order valence-corrected chi connectivity index (χ3v) is 4.21. The molecule has 0 N–H and O–H groups in total. The summed E-state index contributed by atoms with van der Waals surface area (Å²) in [6.07, 6.45) is 0.577. The Morgan fingerprint density at radius 1 is 1.00 bits per heavy atom. The summed E-state index contributed by atoms with van der Waals surface area (Å²) in [5.74, 6) is 1.30. The van der Waals surface area contributed by atoms with Crippen LogP contribution in [0.2, 0.25) is 0 Å². The van der Waals surface area contributed by atoms with Crippen LogP contribution in [0.3, 0.4) is 0 Å². The number of ether oxygens (including phenoxy) is 1. The molecule has 2 heteroatoms. The van der Waals surface area contributed by atoms with Crippen LogP contribution in [0.4, 0.5) is 0 Å². The second kappa shape index (κ2) is 4.78. The minimum atomic E-state index is 0.184. The highest BCUT2D eigenvalue weighted by molar-refractivity contribution is 6.03. The van der Waals surface area contributed by atoms with Crippen molar-refractivity contribution in [2.75, 3.05) is 7.11 Å². The molecule has 0 aromatic heterocycles. The van der Waals surface area contributed by atoms with Crippen LogP contribution in [0.5, 0.6) is 5.75 Å². The summed E-state index contributed by atoms with van der Waals surface area (Å²) in [7, 11) is 1.66. The number of benzene rings is 2. The lowest BCUT2D eigenvalue weighted by atomic mass is 9.89. The Bertz CT molecular complexity index is 669. The highest BCUT2D eigenvalue weighted by Crippen LogP contribution is 2.41. The van der Waals surface area contributed by atoms with Gasteiger partial charge in [-0.15, -0.1) is 0 Å². The molecule has 20 heavy (non-hydrogen) atoms. The molecule has 2 aromatic carbocycles. The number of ketones is 1. The van der Waals surface area contributed by atoms with E-state index in [4.69, 9.17) is 4.74 Å². The van der Waals surface area contributed by atoms with Crippen molar-refractivity contribution in [2.45, 2.75) is 26.2 Å². The van der Waals surface area contributed by atoms with Crippen LogP contribution in [0.15, 0.2) is 36.4 Å². The van der Waals surface area contributed by atoms with Crippen molar-refractivity contribution in [3.63, 3.8) is 0 Å². The predicted molar refractivity (Wildman–Crippen MR) is 79.7 cm³/mol. The fourth-order valence-corrected chi connectivity index (χ4v) is 3.16. The molecule has 0 spiro atoms. The number of hydrogen-bond donors (Lipinski definition) is 0. The van der Waals surface area contributed by atoms with Crippen molar-refractivity contribution in [2.24, 2.45) is 0 Å². The zero-order chi connectivity index (χ0) is 14.3. The Morgan fingerprint density at radius 2 is 1.65 bits per heavy atom. The first-order valence-corrected chi connectivity index (χ1v) is 6.89. The minimum absolute atomic E-state index is 0.184. The molecular formula is C18H18O2. The molecule has 1 aliphatic rings. The van der Waals surface area contributed by atoms with Gasteiger partial charge in [0, 0.05) is 17.9 Å². The van der Waals surface area contributed by atoms with Gasteiger partial charge in [0.1, 0.15) is 5.75 Å². The predicted octanol–water partition coefficient (Wildman–Crippen LogP) is 4.03. The average Bonchev–Trinajstić information content (AvgIpc) is 2.82. The second-order valence-corrected chi connectivity index (χ2v) is 5.44. The molecule has 0 heterocycles. The number of carbonyl (C=O) groups excluding carboxylic acids is 1. The Morgan fingerprint density at radius 3 is 2.30 bits per heavy atom. The van der Waals surface area contributed by atoms with E-state index in [1.54, 1.807) is 7.11 Å². The molecule has 1 aliphatic carbocycles. The zero-order valence-corrected chi connectivity index (χ0v) is 12.1. The van der Waals surface area contributed by atoms with Crippen molar-refractivity contribution >= 4 is 5.78 Å². The SMILES string of the molecule is COc1ccc(C2CC(=O)c3c(C)ccc(C)c32)cc1. The molecule has 0 aliphatic heterocycles. The molecule has 2 aromatic rings. The van der Waals surface area contributed by atoms with E-state index in [1.165, 1.54) is 16.7 Å². The molecule has 3 rings (SSSR count). The molecule has 1 atom stereocenters. The van der Waals surface area contributed by atoms with E-state index in [-0.39, 0.29) is 11.7 Å². The molecule has 0 saturated heterocycles. The highest BCUT2D eigenvalue weighted by Gasteiger charge is 2.32. The Kier molecular flexibility index (Phi) is 3.09. The number of Topliss-reactive ketones (excluding diaryl/α,β-unsaturated/α-hetero) is 1. The lowest BCUT2D eigenvalue weighted by Crippen LogP contribution is -1.99. The van der Waals surface area contributed by atoms with Crippen molar-refractivity contribution < 1.29 is 9.53 Å². The van der Waals surface area contributed by atoms with Gasteiger partial charge in [-0.05, 0) is 48.2 Å². The van der Waals surface area contributed by atoms with E-state index in [1.807, 2.05) is 25.1 Å². The van der Waals surface area contributed by atoms with Crippen LogP contribution in [0.25, 0.3) is 0 Å². The standard InChI is InChI=1S/C18H18O2/c1-11-4-5-12(2)18-16(19)10-15(17(11)18)13-6-8-14(20-3)9-7-13/h4-9,15H,10H2,1-3H3. The largest absolute Gasteiger partial charge is 0.497 e. The summed E-state index contributed by atoms with van der Waals surface area (Å²) >= 11 is 0. The lowest BCUT2D eigenvalue weighted by molar-refractivity contribution is 0.0991. The molecule has 0 saturated carbocycles. The molecule has 0 bridgehead atoms. The monoisotopic (exact) mass is 266 g/mol. The molecule has 0 amide bonds. The average molecular weight is 266 g/mol. The summed E-state index contributed by atoms with van der Waals surface area (Å²) < 4.78 is 5.20. The van der Waals surface area contributed by atoms with E-state index in [0.717, 1.165) is 16.9 Å². The first kappa shape index (κ1) is 12.9. The molecular weight excluding hydrogens is 248 g/mol. The quantitative estimate of drug-likeness (QED) is 0.820. The number of methoxy groups -OCH3 is 1. The summed E-state index contributed by atoms with van der Waals surface area (Å²) in [6, 6.07) is 12.2. The van der Waals surface area contributed by atoms with E-state index in [0.29, 0.717) is 6.42 Å². The number of fused-ring (bicyclic) bond motifs is 1. The summed E-state index contributed by atoms with van der Waals surface area (Å²) in [5.41, 5.74) is 5.63. The van der Waals surface area contributed by atoms with E-state index in [9.17, 15) is 4.79 Å². The maximum absolute atomic E-state index is 12.3. The van der Waals surface area contributed by atoms with E-state index >= 15 is 0 Å². The van der Waals surface area contributed by atoms with Crippen molar-refractivity contribution in [3.05, 3.63) is 64.2 Å². The summed E-state index contributed by atoms with van der Waals surface area (Å²) in [4.78, 5) is 12.3. The van der Waals surface area contributed by atoms with Gasteiger partial charge in [0.05, 0.1) is 7.11 Å². The van der Waals surface area contributed by atoms with Gasteiger partial charge in [0.25, 0.3) is 0 Å². The van der Waals surface area contributed by atoms with Gasteiger partial charge in [0.15, 0.2) is 5.78 Å². The number of carbonyl (C=O) groups is 1. The van der Waals surface area contributed by atoms with Crippen LogP contribution in [-0.4, -0.2) is 12.9 Å². The molecule has 0 radical (unpaired) electrons. The maximum Gasteiger partial charge on any atom is 0.164 e. The fraction of sp³-hybridized carbons (Fsp3) is 0.278. The summed E-state index contributed by atoms with van der Waals surface area (Å²) in [6.45, 7) is 4.11. The third-order valence-electron chi connectivity index (χ3n) is 4.21. The Balaban J connectivity index is 2.10. The van der Waals surface area contributed by atoms with Crippen molar-refractivity contribution in [1.82, 2.24) is 0 Å². The van der Waals surface area contributed by atoms with Gasteiger partial charge in [0.2, 0.25) is 0 Å². The normalized spacial score (nSPS) is 17.1. The van der Waals surface area contributed by atoms with Crippen LogP contribution < -0.4 is 4.74 Å². The van der Waals surface area contributed by atoms with Crippen LogP contribution >= 0.6 is 0 Å². The van der Waals surface area contributed by atoms with E-state index < -0.39 is 0 Å². The minimum Gasteiger partial charge on any atom is -0.497 e. The zero-order valence-electron chi connectivity index (χ0n) is 12.1. The molecule has 2 nitrogen and oxygen atoms in total. The van der Waals surface area contributed by atoms with Crippen LogP contribution in [-0.2, 0) is 0 Å². The van der Waals surface area contributed by atoms with Gasteiger partial charge >= 0.3 is 0 Å². The van der Waals surface area contributed by atoms with Crippen molar-refractivity contribution in [3.8, 4) is 5.75 Å². The van der Waals surface area contributed by atoms with Crippen LogP contribution in [0.1, 0.15) is 45.0 Å². The fourth-order valence-electron chi connectivity index (χ4n) is 3.16. The molecule has 102 valence electrons. The van der Waals surface area contributed by atoms with Gasteiger partial charge in [-0.25, -0.2) is 0 Å². The second-order valence-electron chi connectivity index (χ2n) is 5.44. The maximum atomic E-state index is 12.3. The lowest BCUT2D eigenvalue weighted by Gasteiger charge is -2.15. The number of rotatable bonds is 2. The topological polar surface area (TPSA) is 26.3 Å². The molecule has 1 unspecified atom stereocenters. The number of hydrogen-bond acceptors (Lipinski definition) is 2. The van der Waals surface area contributed by atoms with E-state index in [2.05, 4.69) is 25.1 Å². The van der Waals surface area contributed by atoms with Gasteiger partial charge in [-0.3, -0.25) is 4.79 Å². The number of aryl methyl sites for hydroxylation is 2. The summed E-state index contributed by atoms with van der Waals surface area (Å²) in [5, 5.41) is 0. The van der Waals surface area contributed by atoms with Crippen molar-refractivity contribution in [1.29, 1.82) is 0 Å². The smallest absolute Gasteiger partial charge is 0.164 e. The van der Waals surface area contributed by atoms with Gasteiger partial charge in [-0.1, -0.05) is 24.3 Å². The third kappa shape index (κ3) is 1.92. The first-order valence-electron chi connectivity index (χ1n) is 6.89. The first-order chi connectivity index (χ1) is 9.61.